The Morgan fingerprint density at radius 1 is 1.11 bits per heavy atom. The van der Waals surface area contributed by atoms with Crippen molar-refractivity contribution in [1.82, 2.24) is 35.0 Å². The number of nitrogens with zero attached hydrogens (tertiary/aromatic N) is 7. The van der Waals surface area contributed by atoms with Gasteiger partial charge >= 0.3 is 0 Å². The lowest BCUT2D eigenvalue weighted by molar-refractivity contribution is 0.124. The lowest BCUT2D eigenvalue weighted by Gasteiger charge is -2.35. The molecule has 1 fully saturated rings. The summed E-state index contributed by atoms with van der Waals surface area (Å²) in [6.45, 7) is 1.66. The zero-order chi connectivity index (χ0) is 23.9. The smallest absolute Gasteiger partial charge is 0.228 e. The molecule has 6 rings (SSSR count). The fourth-order valence-corrected chi connectivity index (χ4v) is 5.15. The highest BCUT2D eigenvalue weighted by atomic mass is 19.1. The van der Waals surface area contributed by atoms with Crippen LogP contribution in [0.5, 0.6) is 0 Å². The lowest BCUT2D eigenvalue weighted by atomic mass is 9.86. The Hall–Kier alpha value is -4.05. The topological polar surface area (TPSA) is 86.5 Å². The molecule has 10 heteroatoms. The molecule has 1 aromatic carbocycles. The van der Waals surface area contributed by atoms with Crippen LogP contribution in [-0.2, 0) is 7.05 Å². The molecule has 3 atom stereocenters. The SMILES string of the molecule is CN1N=C2C=C(c3ccnc(Nc4ccnn4C)n3)C=CN2[C@@H]1C1CNCC1c1cccc(F)c1. The van der Waals surface area contributed by atoms with E-state index < -0.39 is 0 Å². The highest BCUT2D eigenvalue weighted by molar-refractivity contribution is 6.04. The molecule has 0 saturated carbocycles. The van der Waals surface area contributed by atoms with Crippen LogP contribution < -0.4 is 10.6 Å². The molecule has 0 spiro atoms. The van der Waals surface area contributed by atoms with E-state index in [9.17, 15) is 4.39 Å². The van der Waals surface area contributed by atoms with Crippen LogP contribution >= 0.6 is 0 Å². The van der Waals surface area contributed by atoms with E-state index in [1.54, 1.807) is 29.2 Å². The number of hydrazone groups is 1. The zero-order valence-corrected chi connectivity index (χ0v) is 19.5. The first-order valence-electron chi connectivity index (χ1n) is 11.6. The van der Waals surface area contributed by atoms with Crippen LogP contribution in [0.3, 0.4) is 0 Å². The summed E-state index contributed by atoms with van der Waals surface area (Å²) in [5, 5.41) is 17.7. The Balaban J connectivity index is 1.23. The van der Waals surface area contributed by atoms with E-state index in [1.807, 2.05) is 43.4 Å². The van der Waals surface area contributed by atoms with Crippen LogP contribution in [0.2, 0.25) is 0 Å². The molecule has 5 heterocycles. The predicted molar refractivity (Wildman–Crippen MR) is 132 cm³/mol. The molecule has 0 aliphatic carbocycles. The van der Waals surface area contributed by atoms with Gasteiger partial charge in [0.25, 0.3) is 0 Å². The number of benzene rings is 1. The molecule has 9 nitrogen and oxygen atoms in total. The first kappa shape index (κ1) is 21.5. The first-order valence-corrected chi connectivity index (χ1v) is 11.6. The molecule has 35 heavy (non-hydrogen) atoms. The first-order chi connectivity index (χ1) is 17.1. The van der Waals surface area contributed by atoms with Gasteiger partial charge in [0.2, 0.25) is 5.95 Å². The fourth-order valence-electron chi connectivity index (χ4n) is 5.15. The maximum Gasteiger partial charge on any atom is 0.228 e. The maximum atomic E-state index is 13.9. The molecular formula is C25H26FN9. The number of rotatable bonds is 5. The number of hydrogen-bond acceptors (Lipinski definition) is 8. The number of anilines is 2. The minimum atomic E-state index is -0.197. The fraction of sp³-hybridized carbons (Fsp3) is 0.280. The second-order valence-electron chi connectivity index (χ2n) is 8.98. The van der Waals surface area contributed by atoms with E-state index in [0.29, 0.717) is 5.95 Å². The number of hydrogen-bond donors (Lipinski definition) is 2. The summed E-state index contributed by atoms with van der Waals surface area (Å²) >= 11 is 0. The standard InChI is InChI=1S/C25H26FN9/c1-33-22(7-10-29-33)31-25-28-9-6-21(30-25)17-8-11-35-23(13-17)32-34(2)24(35)20-15-27-14-19(20)16-4-3-5-18(26)12-16/h3-13,19-20,24,27H,14-15H2,1-2H3,(H,28,30,31)/t19?,20?,24-/m1/s1. The third kappa shape index (κ3) is 3.95. The van der Waals surface area contributed by atoms with Gasteiger partial charge in [0, 0.05) is 63.1 Å². The van der Waals surface area contributed by atoms with Gasteiger partial charge in [-0.3, -0.25) is 9.69 Å². The highest BCUT2D eigenvalue weighted by Crippen LogP contribution is 2.38. The van der Waals surface area contributed by atoms with E-state index in [-0.39, 0.29) is 23.8 Å². The van der Waals surface area contributed by atoms with Gasteiger partial charge in [0.1, 0.15) is 17.8 Å². The van der Waals surface area contributed by atoms with E-state index in [2.05, 4.69) is 42.9 Å². The van der Waals surface area contributed by atoms with Crippen molar-refractivity contribution in [2.24, 2.45) is 18.1 Å². The highest BCUT2D eigenvalue weighted by Gasteiger charge is 2.43. The summed E-state index contributed by atoms with van der Waals surface area (Å²) in [6.07, 6.45) is 9.67. The molecule has 3 aliphatic rings. The second-order valence-corrected chi connectivity index (χ2v) is 8.98. The van der Waals surface area contributed by atoms with Crippen LogP contribution in [0.1, 0.15) is 17.2 Å². The second kappa shape index (κ2) is 8.62. The van der Waals surface area contributed by atoms with Crippen LogP contribution in [0.4, 0.5) is 16.2 Å². The van der Waals surface area contributed by atoms with Gasteiger partial charge in [-0.15, -0.1) is 0 Å². The molecule has 0 radical (unpaired) electrons. The van der Waals surface area contributed by atoms with Crippen LogP contribution in [-0.4, -0.2) is 61.8 Å². The van der Waals surface area contributed by atoms with Crippen molar-refractivity contribution < 1.29 is 4.39 Å². The molecule has 0 bridgehead atoms. The van der Waals surface area contributed by atoms with Crippen molar-refractivity contribution in [1.29, 1.82) is 0 Å². The Morgan fingerprint density at radius 2 is 2.03 bits per heavy atom. The quantitative estimate of drug-likeness (QED) is 0.592. The zero-order valence-electron chi connectivity index (χ0n) is 19.5. The normalized spacial score (nSPS) is 23.3. The number of aromatic nitrogens is 4. The number of aryl methyl sites for hydroxylation is 1. The minimum Gasteiger partial charge on any atom is -0.316 e. The van der Waals surface area contributed by atoms with Gasteiger partial charge in [-0.1, -0.05) is 12.1 Å². The van der Waals surface area contributed by atoms with Gasteiger partial charge < -0.3 is 15.5 Å². The van der Waals surface area contributed by atoms with Gasteiger partial charge in [-0.2, -0.15) is 10.2 Å². The van der Waals surface area contributed by atoms with Gasteiger partial charge in [-0.25, -0.2) is 14.4 Å². The summed E-state index contributed by atoms with van der Waals surface area (Å²) in [6, 6.07) is 10.7. The number of halogens is 1. The minimum absolute atomic E-state index is 0.0368. The van der Waals surface area contributed by atoms with Crippen molar-refractivity contribution in [3.8, 4) is 0 Å². The van der Waals surface area contributed by atoms with E-state index in [0.717, 1.165) is 41.6 Å². The molecule has 0 amide bonds. The average Bonchev–Trinajstić information content (AvgIpc) is 3.57. The van der Waals surface area contributed by atoms with Crippen LogP contribution in [0.15, 0.2) is 72.2 Å². The van der Waals surface area contributed by atoms with E-state index in [4.69, 9.17) is 5.10 Å². The largest absolute Gasteiger partial charge is 0.316 e. The molecular weight excluding hydrogens is 445 g/mol. The van der Waals surface area contributed by atoms with Crippen LogP contribution in [0.25, 0.3) is 5.57 Å². The molecule has 2 unspecified atom stereocenters. The summed E-state index contributed by atoms with van der Waals surface area (Å²) in [7, 11) is 3.86. The third-order valence-electron chi connectivity index (χ3n) is 6.82. The van der Waals surface area contributed by atoms with Crippen LogP contribution in [0, 0.1) is 11.7 Å². The van der Waals surface area contributed by atoms with E-state index in [1.165, 1.54) is 6.07 Å². The molecule has 2 N–H and O–H groups in total. The number of amidine groups is 1. The Kier molecular flexibility index (Phi) is 5.29. The lowest BCUT2D eigenvalue weighted by Crippen LogP contribution is -2.45. The van der Waals surface area contributed by atoms with Gasteiger partial charge in [0.15, 0.2) is 5.84 Å². The maximum absolute atomic E-state index is 13.9. The monoisotopic (exact) mass is 471 g/mol. The summed E-state index contributed by atoms with van der Waals surface area (Å²) in [4.78, 5) is 11.2. The summed E-state index contributed by atoms with van der Waals surface area (Å²) < 4.78 is 15.7. The number of fused-ring (bicyclic) bond motifs is 1. The Morgan fingerprint density at radius 3 is 2.86 bits per heavy atom. The van der Waals surface area contributed by atoms with Crippen molar-refractivity contribution >= 4 is 23.2 Å². The summed E-state index contributed by atoms with van der Waals surface area (Å²) in [5.41, 5.74) is 2.78. The predicted octanol–water partition coefficient (Wildman–Crippen LogP) is 2.89. The number of allylic oxidation sites excluding steroid dienone is 2. The molecule has 3 aliphatic heterocycles. The molecule has 2 aromatic heterocycles. The molecule has 3 aromatic rings. The van der Waals surface area contributed by atoms with Crippen molar-refractivity contribution in [2.45, 2.75) is 12.1 Å². The third-order valence-corrected chi connectivity index (χ3v) is 6.82. The Labute approximate surface area is 202 Å². The van der Waals surface area contributed by atoms with Crippen molar-refractivity contribution in [3.63, 3.8) is 0 Å². The number of nitrogens with one attached hydrogen (secondary N) is 2. The summed E-state index contributed by atoms with van der Waals surface area (Å²) in [5.74, 6) is 2.42. The molecule has 1 saturated heterocycles. The van der Waals surface area contributed by atoms with E-state index >= 15 is 0 Å². The average molecular weight is 472 g/mol. The van der Waals surface area contributed by atoms with Gasteiger partial charge in [-0.05, 0) is 35.9 Å². The Bertz CT molecular complexity index is 1340. The van der Waals surface area contributed by atoms with Crippen molar-refractivity contribution in [2.75, 3.05) is 25.5 Å². The molecule has 178 valence electrons. The van der Waals surface area contributed by atoms with Gasteiger partial charge in [0.05, 0.1) is 11.9 Å². The van der Waals surface area contributed by atoms with Crippen molar-refractivity contribution in [3.05, 3.63) is 84.2 Å².